The fraction of sp³-hybridized carbons (Fsp3) is 0.238. The van der Waals surface area contributed by atoms with Gasteiger partial charge >= 0.3 is 5.56 Å². The molecule has 31 heavy (non-hydrogen) atoms. The van der Waals surface area contributed by atoms with E-state index in [9.17, 15) is 17.6 Å². The number of aryl methyl sites for hydroxylation is 2. The molecule has 0 spiro atoms. The van der Waals surface area contributed by atoms with Gasteiger partial charge in [0.15, 0.2) is 9.84 Å². The van der Waals surface area contributed by atoms with Crippen LogP contribution in [0.2, 0.25) is 5.02 Å². The van der Waals surface area contributed by atoms with Gasteiger partial charge in [0, 0.05) is 11.9 Å². The lowest BCUT2D eigenvalue weighted by atomic mass is 10.1. The maximum absolute atomic E-state index is 13.5. The largest absolute Gasteiger partial charge is 0.490 e. The predicted octanol–water partition coefficient (Wildman–Crippen LogP) is 3.86. The van der Waals surface area contributed by atoms with E-state index in [1.54, 1.807) is 23.6 Å². The van der Waals surface area contributed by atoms with Gasteiger partial charge in [-0.1, -0.05) is 23.7 Å². The molecule has 1 heterocycles. The molecule has 0 saturated carbocycles. The van der Waals surface area contributed by atoms with Crippen LogP contribution >= 0.6 is 11.6 Å². The first-order chi connectivity index (χ1) is 14.5. The van der Waals surface area contributed by atoms with Crippen molar-refractivity contribution in [2.24, 2.45) is 0 Å². The topological polar surface area (TPSA) is 90.3 Å². The van der Waals surface area contributed by atoms with E-state index in [0.29, 0.717) is 16.8 Å². The molecule has 1 N–H and O–H groups in total. The zero-order valence-corrected chi connectivity index (χ0v) is 18.9. The van der Waals surface area contributed by atoms with Gasteiger partial charge < -0.3 is 14.6 Å². The Labute approximate surface area is 184 Å². The summed E-state index contributed by atoms with van der Waals surface area (Å²) >= 11 is 5.88. The molecule has 0 fully saturated rings. The number of sulfone groups is 1. The van der Waals surface area contributed by atoms with Gasteiger partial charge in [0.1, 0.15) is 5.82 Å². The quantitative estimate of drug-likeness (QED) is 0.594. The Morgan fingerprint density at radius 1 is 1.19 bits per heavy atom. The van der Waals surface area contributed by atoms with E-state index in [4.69, 9.17) is 16.3 Å². The van der Waals surface area contributed by atoms with Gasteiger partial charge in [-0.2, -0.15) is 4.98 Å². The Bertz CT molecular complexity index is 1320. The Hall–Kier alpha value is -2.91. The van der Waals surface area contributed by atoms with Crippen LogP contribution in [0.25, 0.3) is 0 Å². The molecule has 3 rings (SSSR count). The zero-order valence-electron chi connectivity index (χ0n) is 17.4. The van der Waals surface area contributed by atoms with Crippen LogP contribution in [0.5, 0.6) is 5.75 Å². The minimum Gasteiger partial charge on any atom is -0.490 e. The number of rotatable bonds is 6. The highest BCUT2D eigenvalue weighted by Crippen LogP contribution is 2.27. The van der Waals surface area contributed by atoms with Gasteiger partial charge in [-0.05, 0) is 48.7 Å². The molecule has 0 saturated heterocycles. The minimum atomic E-state index is -3.45. The van der Waals surface area contributed by atoms with Crippen LogP contribution in [0.4, 0.5) is 16.0 Å². The molecule has 0 aliphatic rings. The Kier molecular flexibility index (Phi) is 6.38. The normalized spacial score (nSPS) is 11.4. The Morgan fingerprint density at radius 2 is 1.90 bits per heavy atom. The molecular weight excluding hydrogens is 445 g/mol. The first-order valence-electron chi connectivity index (χ1n) is 9.17. The highest BCUT2D eigenvalue weighted by molar-refractivity contribution is 7.90. The second-order valence-corrected chi connectivity index (χ2v) is 9.54. The summed E-state index contributed by atoms with van der Waals surface area (Å²) in [6.45, 7) is 3.73. The fourth-order valence-electron chi connectivity index (χ4n) is 3.16. The van der Waals surface area contributed by atoms with E-state index in [0.717, 1.165) is 11.8 Å². The number of ether oxygens (including phenoxy) is 1. The summed E-state index contributed by atoms with van der Waals surface area (Å²) in [4.78, 5) is 16.5. The predicted molar refractivity (Wildman–Crippen MR) is 118 cm³/mol. The lowest BCUT2D eigenvalue weighted by molar-refractivity contribution is 0.402. The standard InChI is InChI=1S/C21H21ClFN3O4S/c1-12-7-13(2)19(31(4,28)29)9-17(12)24-21-25-20(27)18(30-3)11-26(21)10-14-5-6-16(23)15(22)8-14/h5-9,11H,10H2,1-4H3,(H,24,25,27). The number of benzene rings is 2. The van der Waals surface area contributed by atoms with Crippen molar-refractivity contribution in [3.63, 3.8) is 0 Å². The number of hydrogen-bond acceptors (Lipinski definition) is 6. The van der Waals surface area contributed by atoms with E-state index in [1.165, 1.54) is 31.5 Å². The van der Waals surface area contributed by atoms with Crippen molar-refractivity contribution in [1.29, 1.82) is 0 Å². The van der Waals surface area contributed by atoms with E-state index >= 15 is 0 Å². The number of anilines is 2. The Balaban J connectivity index is 2.10. The number of methoxy groups -OCH3 is 1. The van der Waals surface area contributed by atoms with Gasteiger partial charge in [-0.25, -0.2) is 12.8 Å². The zero-order chi connectivity index (χ0) is 22.9. The minimum absolute atomic E-state index is 0.0243. The highest BCUT2D eigenvalue weighted by atomic mass is 35.5. The summed E-state index contributed by atoms with van der Waals surface area (Å²) in [5.74, 6) is -0.350. The second kappa shape index (κ2) is 8.68. The number of nitrogens with zero attached hydrogens (tertiary/aromatic N) is 2. The molecule has 0 bridgehead atoms. The molecule has 2 aromatic carbocycles. The molecule has 10 heteroatoms. The van der Waals surface area contributed by atoms with Crippen molar-refractivity contribution >= 4 is 33.1 Å². The summed E-state index contributed by atoms with van der Waals surface area (Å²) in [5.41, 5.74) is 1.94. The van der Waals surface area contributed by atoms with E-state index < -0.39 is 21.2 Å². The third-order valence-corrected chi connectivity index (χ3v) is 6.22. The summed E-state index contributed by atoms with van der Waals surface area (Å²) < 4.78 is 44.4. The summed E-state index contributed by atoms with van der Waals surface area (Å²) in [6, 6.07) is 7.54. The van der Waals surface area contributed by atoms with E-state index in [-0.39, 0.29) is 28.2 Å². The molecule has 0 atom stereocenters. The maximum atomic E-state index is 13.5. The van der Waals surface area contributed by atoms with Crippen molar-refractivity contribution < 1.29 is 17.5 Å². The van der Waals surface area contributed by atoms with Crippen molar-refractivity contribution in [2.75, 3.05) is 18.7 Å². The molecule has 0 aliphatic heterocycles. The molecule has 1 aromatic heterocycles. The Morgan fingerprint density at radius 3 is 2.52 bits per heavy atom. The number of aromatic nitrogens is 2. The fourth-order valence-corrected chi connectivity index (χ4v) is 4.33. The van der Waals surface area contributed by atoms with Gasteiger partial charge in [0.2, 0.25) is 11.7 Å². The van der Waals surface area contributed by atoms with Gasteiger partial charge in [-0.3, -0.25) is 4.79 Å². The molecule has 0 radical (unpaired) electrons. The van der Waals surface area contributed by atoms with Crippen LogP contribution in [-0.4, -0.2) is 31.3 Å². The lowest BCUT2D eigenvalue weighted by Crippen LogP contribution is -2.19. The van der Waals surface area contributed by atoms with Crippen LogP contribution in [0.15, 0.2) is 46.2 Å². The first-order valence-corrected chi connectivity index (χ1v) is 11.4. The van der Waals surface area contributed by atoms with Crippen LogP contribution < -0.4 is 15.6 Å². The smallest absolute Gasteiger partial charge is 0.316 e. The molecule has 7 nitrogen and oxygen atoms in total. The molecular formula is C21H21ClFN3O4S. The second-order valence-electron chi connectivity index (χ2n) is 7.14. The third kappa shape index (κ3) is 5.05. The number of hydrogen-bond donors (Lipinski definition) is 1. The summed E-state index contributed by atoms with van der Waals surface area (Å²) in [6.07, 6.45) is 2.60. The van der Waals surface area contributed by atoms with Crippen molar-refractivity contribution in [3.05, 3.63) is 74.4 Å². The van der Waals surface area contributed by atoms with Crippen molar-refractivity contribution in [1.82, 2.24) is 9.55 Å². The first kappa shape index (κ1) is 22.8. The molecule has 0 amide bonds. The SMILES string of the molecule is COc1cn(Cc2ccc(F)c(Cl)c2)c(Nc2cc(S(C)(=O)=O)c(C)cc2C)nc1=O. The molecule has 3 aromatic rings. The van der Waals surface area contributed by atoms with Crippen molar-refractivity contribution in [3.8, 4) is 5.75 Å². The summed E-state index contributed by atoms with van der Waals surface area (Å²) in [7, 11) is -2.10. The van der Waals surface area contributed by atoms with E-state index in [2.05, 4.69) is 10.3 Å². The van der Waals surface area contributed by atoms with Crippen LogP contribution in [0.3, 0.4) is 0 Å². The maximum Gasteiger partial charge on any atom is 0.316 e. The van der Waals surface area contributed by atoms with Gasteiger partial charge in [0.05, 0.1) is 29.8 Å². The van der Waals surface area contributed by atoms with Crippen LogP contribution in [0.1, 0.15) is 16.7 Å². The van der Waals surface area contributed by atoms with E-state index in [1.807, 2.05) is 6.92 Å². The molecule has 164 valence electrons. The van der Waals surface area contributed by atoms with Gasteiger partial charge in [-0.15, -0.1) is 0 Å². The molecule has 0 aliphatic carbocycles. The average Bonchev–Trinajstić information content (AvgIpc) is 2.67. The van der Waals surface area contributed by atoms with Crippen LogP contribution in [-0.2, 0) is 16.4 Å². The highest BCUT2D eigenvalue weighted by Gasteiger charge is 2.16. The third-order valence-electron chi connectivity index (χ3n) is 4.69. The number of halogens is 2. The van der Waals surface area contributed by atoms with Crippen LogP contribution in [0, 0.1) is 19.7 Å². The van der Waals surface area contributed by atoms with Gasteiger partial charge in [0.25, 0.3) is 0 Å². The average molecular weight is 466 g/mol. The monoisotopic (exact) mass is 465 g/mol. The lowest BCUT2D eigenvalue weighted by Gasteiger charge is -2.18. The van der Waals surface area contributed by atoms with Crippen molar-refractivity contribution in [2.45, 2.75) is 25.3 Å². The summed E-state index contributed by atoms with van der Waals surface area (Å²) in [5, 5.41) is 3.02. The molecule has 0 unspecified atom stereocenters. The number of nitrogens with one attached hydrogen (secondary N) is 1.